The van der Waals surface area contributed by atoms with Gasteiger partial charge in [0.1, 0.15) is 6.29 Å². The monoisotopic (exact) mass is 158 g/mol. The summed E-state index contributed by atoms with van der Waals surface area (Å²) in [7, 11) is 0. The van der Waals surface area contributed by atoms with Crippen molar-refractivity contribution in [3.05, 3.63) is 0 Å². The largest absolute Gasteiger partial charge is 0.350 e. The van der Waals surface area contributed by atoms with Crippen LogP contribution in [0.4, 0.5) is 0 Å². The number of hydrogen-bond donors (Lipinski definition) is 0. The molecule has 0 saturated carbocycles. The van der Waals surface area contributed by atoms with Crippen LogP contribution in [0.2, 0.25) is 0 Å². The van der Waals surface area contributed by atoms with Crippen LogP contribution in [0.25, 0.3) is 0 Å². The van der Waals surface area contributed by atoms with Crippen LogP contribution in [0.1, 0.15) is 26.2 Å². The minimum absolute atomic E-state index is 0.0355. The van der Waals surface area contributed by atoms with E-state index in [4.69, 9.17) is 9.47 Å². The Morgan fingerprint density at radius 2 is 2.45 bits per heavy atom. The summed E-state index contributed by atoms with van der Waals surface area (Å²) in [6, 6.07) is 0. The third-order valence-corrected chi connectivity index (χ3v) is 1.75. The number of ether oxygens (including phenoxy) is 2. The summed E-state index contributed by atoms with van der Waals surface area (Å²) in [5.41, 5.74) is 0. The molecule has 1 heterocycles. The minimum atomic E-state index is -0.0355. The van der Waals surface area contributed by atoms with Crippen molar-refractivity contribution in [1.82, 2.24) is 0 Å². The molecule has 1 rings (SSSR count). The highest BCUT2D eigenvalue weighted by atomic mass is 16.7. The zero-order valence-corrected chi connectivity index (χ0v) is 6.79. The molecule has 1 saturated heterocycles. The van der Waals surface area contributed by atoms with Gasteiger partial charge < -0.3 is 14.3 Å². The first-order valence-corrected chi connectivity index (χ1v) is 4.07. The van der Waals surface area contributed by atoms with Gasteiger partial charge in [0.25, 0.3) is 0 Å². The van der Waals surface area contributed by atoms with E-state index < -0.39 is 0 Å². The van der Waals surface area contributed by atoms with Crippen LogP contribution in [0.15, 0.2) is 0 Å². The van der Waals surface area contributed by atoms with Crippen LogP contribution in [0.5, 0.6) is 0 Å². The number of carbonyl (C=O) groups excluding carboxylic acids is 1. The zero-order chi connectivity index (χ0) is 8.10. The molecule has 0 amide bonds. The van der Waals surface area contributed by atoms with Gasteiger partial charge in [0.2, 0.25) is 0 Å². The Kier molecular flexibility index (Phi) is 3.52. The highest BCUT2D eigenvalue weighted by Crippen LogP contribution is 2.16. The number of hydrogen-bond acceptors (Lipinski definition) is 3. The highest BCUT2D eigenvalue weighted by Gasteiger charge is 2.23. The molecule has 3 heteroatoms. The Balaban J connectivity index is 2.13. The van der Waals surface area contributed by atoms with Crippen molar-refractivity contribution in [1.29, 1.82) is 0 Å². The fourth-order valence-corrected chi connectivity index (χ4v) is 1.13. The molecule has 0 radical (unpaired) electrons. The van der Waals surface area contributed by atoms with Crippen LogP contribution < -0.4 is 0 Å². The van der Waals surface area contributed by atoms with Crippen LogP contribution >= 0.6 is 0 Å². The van der Waals surface area contributed by atoms with Gasteiger partial charge in [-0.2, -0.15) is 0 Å². The molecule has 0 aromatic rings. The molecular formula is C8H14O3. The summed E-state index contributed by atoms with van der Waals surface area (Å²) in [6.07, 6.45) is 3.28. The van der Waals surface area contributed by atoms with E-state index in [2.05, 4.69) is 0 Å². The first-order valence-electron chi connectivity index (χ1n) is 4.07. The molecule has 1 aliphatic heterocycles. The summed E-state index contributed by atoms with van der Waals surface area (Å²) >= 11 is 0. The van der Waals surface area contributed by atoms with Crippen molar-refractivity contribution < 1.29 is 14.3 Å². The van der Waals surface area contributed by atoms with Gasteiger partial charge in [-0.3, -0.25) is 0 Å². The van der Waals surface area contributed by atoms with E-state index in [1.807, 2.05) is 6.92 Å². The second-order valence-corrected chi connectivity index (χ2v) is 2.67. The summed E-state index contributed by atoms with van der Waals surface area (Å²) < 4.78 is 10.7. The minimum Gasteiger partial charge on any atom is -0.350 e. The van der Waals surface area contributed by atoms with Crippen molar-refractivity contribution in [2.75, 3.05) is 6.61 Å². The van der Waals surface area contributed by atoms with Crippen molar-refractivity contribution in [2.45, 2.75) is 38.6 Å². The third kappa shape index (κ3) is 2.60. The number of rotatable bonds is 4. The molecule has 3 nitrogen and oxygen atoms in total. The lowest BCUT2D eigenvalue weighted by Gasteiger charge is -2.07. The Labute approximate surface area is 66.7 Å². The van der Waals surface area contributed by atoms with Gasteiger partial charge in [-0.1, -0.05) is 6.92 Å². The lowest BCUT2D eigenvalue weighted by molar-refractivity contribution is -0.108. The normalized spacial score (nSPS) is 30.6. The van der Waals surface area contributed by atoms with E-state index in [1.165, 1.54) is 0 Å². The summed E-state index contributed by atoms with van der Waals surface area (Å²) in [5.74, 6) is 0. The number of aldehydes is 1. The maximum atomic E-state index is 10.0. The molecule has 2 atom stereocenters. The first kappa shape index (κ1) is 8.68. The summed E-state index contributed by atoms with van der Waals surface area (Å²) in [5, 5.41) is 0. The maximum Gasteiger partial charge on any atom is 0.157 e. The SMILES string of the molecule is CCC1OCC(CCC=O)O1. The molecule has 0 spiro atoms. The molecule has 0 N–H and O–H groups in total. The van der Waals surface area contributed by atoms with Gasteiger partial charge in [-0.25, -0.2) is 0 Å². The van der Waals surface area contributed by atoms with Crippen LogP contribution in [-0.4, -0.2) is 25.3 Å². The predicted molar refractivity (Wildman–Crippen MR) is 40.2 cm³/mol. The predicted octanol–water partition coefficient (Wildman–Crippen LogP) is 1.12. The molecule has 1 fully saturated rings. The van der Waals surface area contributed by atoms with Gasteiger partial charge in [-0.05, 0) is 12.8 Å². The van der Waals surface area contributed by atoms with Crippen molar-refractivity contribution in [3.8, 4) is 0 Å². The molecule has 0 bridgehead atoms. The van der Waals surface area contributed by atoms with Gasteiger partial charge in [0, 0.05) is 6.42 Å². The smallest absolute Gasteiger partial charge is 0.157 e. The van der Waals surface area contributed by atoms with Crippen LogP contribution in [-0.2, 0) is 14.3 Å². The molecule has 0 aromatic heterocycles. The molecule has 11 heavy (non-hydrogen) atoms. The average molecular weight is 158 g/mol. The van der Waals surface area contributed by atoms with E-state index in [9.17, 15) is 4.79 Å². The van der Waals surface area contributed by atoms with Gasteiger partial charge in [0.15, 0.2) is 6.29 Å². The Hall–Kier alpha value is -0.410. The van der Waals surface area contributed by atoms with Crippen molar-refractivity contribution in [2.24, 2.45) is 0 Å². The van der Waals surface area contributed by atoms with E-state index >= 15 is 0 Å². The summed E-state index contributed by atoms with van der Waals surface area (Å²) in [4.78, 5) is 10.0. The average Bonchev–Trinajstić information content (AvgIpc) is 2.48. The fourth-order valence-electron chi connectivity index (χ4n) is 1.13. The van der Waals surface area contributed by atoms with E-state index in [1.54, 1.807) is 0 Å². The zero-order valence-electron chi connectivity index (χ0n) is 6.79. The van der Waals surface area contributed by atoms with Crippen LogP contribution in [0, 0.1) is 0 Å². The highest BCUT2D eigenvalue weighted by molar-refractivity contribution is 5.49. The van der Waals surface area contributed by atoms with Gasteiger partial charge in [-0.15, -0.1) is 0 Å². The Morgan fingerprint density at radius 1 is 1.64 bits per heavy atom. The molecule has 0 aliphatic carbocycles. The first-order chi connectivity index (χ1) is 5.36. The molecule has 0 aromatic carbocycles. The van der Waals surface area contributed by atoms with E-state index in [0.29, 0.717) is 13.0 Å². The third-order valence-electron chi connectivity index (χ3n) is 1.75. The van der Waals surface area contributed by atoms with E-state index in [0.717, 1.165) is 19.1 Å². The van der Waals surface area contributed by atoms with E-state index in [-0.39, 0.29) is 12.4 Å². The Morgan fingerprint density at radius 3 is 3.00 bits per heavy atom. The van der Waals surface area contributed by atoms with Crippen LogP contribution in [0.3, 0.4) is 0 Å². The second kappa shape index (κ2) is 4.46. The fraction of sp³-hybridized carbons (Fsp3) is 0.875. The number of carbonyl (C=O) groups is 1. The standard InChI is InChI=1S/C8H14O3/c1-2-8-10-6-7(11-8)4-3-5-9/h5,7-8H,2-4,6H2,1H3. The molecular weight excluding hydrogens is 144 g/mol. The van der Waals surface area contributed by atoms with Gasteiger partial charge in [0.05, 0.1) is 12.7 Å². The maximum absolute atomic E-state index is 10.0. The van der Waals surface area contributed by atoms with Crippen molar-refractivity contribution in [3.63, 3.8) is 0 Å². The lowest BCUT2D eigenvalue weighted by atomic mass is 10.2. The van der Waals surface area contributed by atoms with Crippen molar-refractivity contribution >= 4 is 6.29 Å². The molecule has 2 unspecified atom stereocenters. The topological polar surface area (TPSA) is 35.5 Å². The lowest BCUT2D eigenvalue weighted by Crippen LogP contribution is -2.11. The summed E-state index contributed by atoms with van der Waals surface area (Å²) in [6.45, 7) is 2.67. The van der Waals surface area contributed by atoms with Gasteiger partial charge >= 0.3 is 0 Å². The Bertz CT molecular complexity index is 125. The molecule has 1 aliphatic rings. The quantitative estimate of drug-likeness (QED) is 0.575. The molecule has 64 valence electrons. The second-order valence-electron chi connectivity index (χ2n) is 2.67.